The van der Waals surface area contributed by atoms with Crippen molar-refractivity contribution in [2.24, 2.45) is 0 Å². The number of ether oxygens (including phenoxy) is 1. The van der Waals surface area contributed by atoms with E-state index in [0.717, 1.165) is 6.42 Å². The van der Waals surface area contributed by atoms with Crippen molar-refractivity contribution < 1.29 is 14.6 Å². The quantitative estimate of drug-likeness (QED) is 0.801. The molecule has 0 heterocycles. The van der Waals surface area contributed by atoms with Gasteiger partial charge in [0.25, 0.3) is 0 Å². The van der Waals surface area contributed by atoms with Gasteiger partial charge in [0, 0.05) is 0 Å². The van der Waals surface area contributed by atoms with Crippen molar-refractivity contribution in [3.8, 4) is 5.75 Å². The van der Waals surface area contributed by atoms with Crippen LogP contribution in [0.5, 0.6) is 5.75 Å². The Hall–Kier alpha value is -1.71. The fourth-order valence-corrected chi connectivity index (χ4v) is 1.09. The molecule has 0 spiro atoms. The lowest BCUT2D eigenvalue weighted by Crippen LogP contribution is -2.13. The summed E-state index contributed by atoms with van der Waals surface area (Å²) in [6.45, 7) is 3.95. The highest BCUT2D eigenvalue weighted by Gasteiger charge is 2.07. The molecule has 0 saturated carbocycles. The molecule has 0 aliphatic carbocycles. The van der Waals surface area contributed by atoms with Crippen molar-refractivity contribution in [3.05, 3.63) is 24.3 Å². The van der Waals surface area contributed by atoms with Crippen molar-refractivity contribution in [1.29, 1.82) is 0 Å². The lowest BCUT2D eigenvalue weighted by Gasteiger charge is -2.15. The summed E-state index contributed by atoms with van der Waals surface area (Å²) < 4.78 is 5.57. The zero-order valence-electron chi connectivity index (χ0n) is 8.86. The summed E-state index contributed by atoms with van der Waals surface area (Å²) in [6.07, 6.45) is -0.140. The fourth-order valence-electron chi connectivity index (χ4n) is 1.09. The van der Waals surface area contributed by atoms with Crippen molar-refractivity contribution in [1.82, 2.24) is 0 Å². The van der Waals surface area contributed by atoms with Gasteiger partial charge in [-0.3, -0.25) is 5.32 Å². The monoisotopic (exact) mass is 209 g/mol. The molecule has 1 amide bonds. The minimum Gasteiger partial charge on any atom is -0.489 e. The smallest absolute Gasteiger partial charge is 0.409 e. The minimum atomic E-state index is -1.09. The van der Waals surface area contributed by atoms with Crippen LogP contribution < -0.4 is 10.1 Å². The summed E-state index contributed by atoms with van der Waals surface area (Å²) in [6, 6.07) is 6.99. The Kier molecular flexibility index (Phi) is 3.97. The maximum Gasteiger partial charge on any atom is 0.409 e. The second-order valence-corrected chi connectivity index (χ2v) is 3.26. The Morgan fingerprint density at radius 3 is 2.80 bits per heavy atom. The molecule has 4 nitrogen and oxygen atoms in total. The zero-order chi connectivity index (χ0) is 11.3. The second kappa shape index (κ2) is 5.24. The molecule has 0 aromatic heterocycles. The number of hydrogen-bond donors (Lipinski definition) is 2. The zero-order valence-corrected chi connectivity index (χ0v) is 8.86. The first-order valence-corrected chi connectivity index (χ1v) is 4.89. The molecule has 0 saturated heterocycles. The van der Waals surface area contributed by atoms with E-state index in [2.05, 4.69) is 5.32 Å². The molecule has 82 valence electrons. The van der Waals surface area contributed by atoms with Gasteiger partial charge in [-0.25, -0.2) is 4.79 Å². The average molecular weight is 209 g/mol. The van der Waals surface area contributed by atoms with Gasteiger partial charge in [-0.2, -0.15) is 0 Å². The molecule has 1 unspecified atom stereocenters. The van der Waals surface area contributed by atoms with E-state index in [4.69, 9.17) is 9.84 Å². The first-order valence-electron chi connectivity index (χ1n) is 4.89. The van der Waals surface area contributed by atoms with Crippen LogP contribution in [-0.2, 0) is 0 Å². The Balaban J connectivity index is 2.81. The van der Waals surface area contributed by atoms with E-state index < -0.39 is 6.09 Å². The number of hydrogen-bond acceptors (Lipinski definition) is 2. The fraction of sp³-hybridized carbons (Fsp3) is 0.364. The molecular formula is C11H15NO3. The Labute approximate surface area is 88.9 Å². The predicted molar refractivity (Wildman–Crippen MR) is 58.5 cm³/mol. The van der Waals surface area contributed by atoms with Crippen LogP contribution in [0.1, 0.15) is 20.3 Å². The van der Waals surface area contributed by atoms with Crippen LogP contribution in [-0.4, -0.2) is 17.3 Å². The number of amides is 1. The van der Waals surface area contributed by atoms with Crippen LogP contribution in [0.4, 0.5) is 10.5 Å². The molecule has 0 radical (unpaired) electrons. The lowest BCUT2D eigenvalue weighted by molar-refractivity contribution is 0.207. The van der Waals surface area contributed by atoms with E-state index in [0.29, 0.717) is 11.4 Å². The molecule has 0 aliphatic rings. The summed E-state index contributed by atoms with van der Waals surface area (Å²) in [5, 5.41) is 10.9. The molecule has 1 atom stereocenters. The Morgan fingerprint density at radius 2 is 2.20 bits per heavy atom. The highest BCUT2D eigenvalue weighted by Crippen LogP contribution is 2.25. The highest BCUT2D eigenvalue weighted by molar-refractivity contribution is 5.85. The van der Waals surface area contributed by atoms with Crippen molar-refractivity contribution >= 4 is 11.8 Å². The SMILES string of the molecule is CCC(C)Oc1ccccc1NC(=O)O. The Bertz CT molecular complexity index is 338. The predicted octanol–water partition coefficient (Wildman–Crippen LogP) is 2.95. The lowest BCUT2D eigenvalue weighted by atomic mass is 10.2. The van der Waals surface area contributed by atoms with Gasteiger partial charge in [-0.05, 0) is 25.5 Å². The van der Waals surface area contributed by atoms with Crippen LogP contribution in [0.25, 0.3) is 0 Å². The average Bonchev–Trinajstić information content (AvgIpc) is 2.20. The molecule has 0 aliphatic heterocycles. The van der Waals surface area contributed by atoms with Gasteiger partial charge >= 0.3 is 6.09 Å². The first-order chi connectivity index (χ1) is 7.13. The number of carbonyl (C=O) groups is 1. The van der Waals surface area contributed by atoms with Gasteiger partial charge in [0.1, 0.15) is 5.75 Å². The van der Waals surface area contributed by atoms with Crippen LogP contribution in [0.15, 0.2) is 24.3 Å². The summed E-state index contributed by atoms with van der Waals surface area (Å²) in [4.78, 5) is 10.5. The largest absolute Gasteiger partial charge is 0.489 e. The van der Waals surface area contributed by atoms with Gasteiger partial charge in [-0.15, -0.1) is 0 Å². The summed E-state index contributed by atoms with van der Waals surface area (Å²) in [5.74, 6) is 0.564. The van der Waals surface area contributed by atoms with Crippen LogP contribution in [0.2, 0.25) is 0 Å². The number of nitrogens with one attached hydrogen (secondary N) is 1. The van der Waals surface area contributed by atoms with Crippen LogP contribution in [0.3, 0.4) is 0 Å². The van der Waals surface area contributed by atoms with Crippen molar-refractivity contribution in [3.63, 3.8) is 0 Å². The number of carboxylic acid groups (broad SMARTS) is 1. The molecule has 4 heteroatoms. The van der Waals surface area contributed by atoms with Crippen molar-refractivity contribution in [2.45, 2.75) is 26.4 Å². The normalized spacial score (nSPS) is 11.9. The maximum atomic E-state index is 10.5. The van der Waals surface area contributed by atoms with Crippen LogP contribution in [0, 0.1) is 0 Å². The van der Waals surface area contributed by atoms with E-state index in [-0.39, 0.29) is 6.10 Å². The molecule has 0 fully saturated rings. The summed E-state index contributed by atoms with van der Waals surface area (Å²) in [5.41, 5.74) is 0.477. The standard InChI is InChI=1S/C11H15NO3/c1-3-8(2)15-10-7-5-4-6-9(10)12-11(13)14/h4-8,12H,3H2,1-2H3,(H,13,14). The third kappa shape index (κ3) is 3.50. The van der Waals surface area contributed by atoms with Gasteiger partial charge in [0.05, 0.1) is 11.8 Å². The molecular weight excluding hydrogens is 194 g/mol. The maximum absolute atomic E-state index is 10.5. The third-order valence-electron chi connectivity index (χ3n) is 2.03. The molecule has 15 heavy (non-hydrogen) atoms. The van der Waals surface area contributed by atoms with E-state index in [9.17, 15) is 4.79 Å². The van der Waals surface area contributed by atoms with Gasteiger partial charge < -0.3 is 9.84 Å². The highest BCUT2D eigenvalue weighted by atomic mass is 16.5. The first kappa shape index (κ1) is 11.4. The number of anilines is 1. The van der Waals surface area contributed by atoms with Crippen LogP contribution >= 0.6 is 0 Å². The van der Waals surface area contributed by atoms with E-state index in [1.165, 1.54) is 0 Å². The summed E-state index contributed by atoms with van der Waals surface area (Å²) >= 11 is 0. The van der Waals surface area contributed by atoms with Gasteiger partial charge in [0.2, 0.25) is 0 Å². The number of rotatable bonds is 4. The number of para-hydroxylation sites is 2. The molecule has 2 N–H and O–H groups in total. The Morgan fingerprint density at radius 1 is 1.53 bits per heavy atom. The van der Waals surface area contributed by atoms with E-state index in [1.54, 1.807) is 18.2 Å². The second-order valence-electron chi connectivity index (χ2n) is 3.26. The van der Waals surface area contributed by atoms with Gasteiger partial charge in [-0.1, -0.05) is 19.1 Å². The number of benzene rings is 1. The van der Waals surface area contributed by atoms with Gasteiger partial charge in [0.15, 0.2) is 0 Å². The topological polar surface area (TPSA) is 58.6 Å². The third-order valence-corrected chi connectivity index (χ3v) is 2.03. The summed E-state index contributed by atoms with van der Waals surface area (Å²) in [7, 11) is 0. The molecule has 1 aromatic carbocycles. The molecule has 1 rings (SSSR count). The minimum absolute atomic E-state index is 0.0711. The van der Waals surface area contributed by atoms with Crippen molar-refractivity contribution in [2.75, 3.05) is 5.32 Å². The molecule has 1 aromatic rings. The molecule has 0 bridgehead atoms. The van der Waals surface area contributed by atoms with E-state index >= 15 is 0 Å². The van der Waals surface area contributed by atoms with E-state index in [1.807, 2.05) is 19.9 Å².